The minimum atomic E-state index is -0.477. The zero-order valence-corrected chi connectivity index (χ0v) is 23.4. The van der Waals surface area contributed by atoms with Crippen LogP contribution < -0.4 is 11.1 Å². The van der Waals surface area contributed by atoms with Gasteiger partial charge >= 0.3 is 5.97 Å². The number of aromatic nitrogens is 2. The lowest BCUT2D eigenvalue weighted by atomic mass is 9.93. The first-order chi connectivity index (χ1) is 18.3. The van der Waals surface area contributed by atoms with Gasteiger partial charge < -0.3 is 25.3 Å². The lowest BCUT2D eigenvalue weighted by molar-refractivity contribution is -0.144. The van der Waals surface area contributed by atoms with Gasteiger partial charge in [0.05, 0.1) is 29.6 Å². The Hall–Kier alpha value is -3.59. The summed E-state index contributed by atoms with van der Waals surface area (Å²) in [6.07, 6.45) is 4.61. The number of rotatable bonds is 10. The average molecular weight is 553 g/mol. The van der Waals surface area contributed by atoms with Crippen molar-refractivity contribution < 1.29 is 14.3 Å². The number of hydrogen-bond acceptors (Lipinski definition) is 6. The maximum Gasteiger partial charge on any atom is 0.305 e. The Morgan fingerprint density at radius 3 is 2.62 bits per heavy atom. The summed E-state index contributed by atoms with van der Waals surface area (Å²) in [6.45, 7) is 3.49. The predicted octanol–water partition coefficient (Wildman–Crippen LogP) is 4.26. The fourth-order valence-electron chi connectivity index (χ4n) is 5.60. The van der Waals surface area contributed by atoms with Crippen molar-refractivity contribution in [1.29, 1.82) is 5.41 Å². The topological polar surface area (TPSA) is 126 Å². The van der Waals surface area contributed by atoms with E-state index >= 15 is 0 Å². The van der Waals surface area contributed by atoms with E-state index in [-0.39, 0.29) is 36.2 Å². The number of carbonyl (C=O) groups excluding carboxylic acids is 2. The van der Waals surface area contributed by atoms with E-state index < -0.39 is 5.41 Å². The summed E-state index contributed by atoms with van der Waals surface area (Å²) in [6, 6.07) is 13.8. The first-order valence-electron chi connectivity index (χ1n) is 13.4. The Labute approximate surface area is 235 Å². The Balaban J connectivity index is 0.00000353. The molecule has 2 heterocycles. The summed E-state index contributed by atoms with van der Waals surface area (Å²) >= 11 is 0. The minimum absolute atomic E-state index is 0. The predicted molar refractivity (Wildman–Crippen MR) is 154 cm³/mol. The molecule has 9 nitrogen and oxygen atoms in total. The molecule has 5 rings (SSSR count). The van der Waals surface area contributed by atoms with Crippen LogP contribution >= 0.6 is 12.4 Å². The van der Waals surface area contributed by atoms with Gasteiger partial charge in [-0.25, -0.2) is 4.98 Å². The highest BCUT2D eigenvalue weighted by Crippen LogP contribution is 2.51. The first kappa shape index (κ1) is 28.4. The van der Waals surface area contributed by atoms with Crippen LogP contribution in [0, 0.1) is 5.41 Å². The van der Waals surface area contributed by atoms with E-state index in [1.165, 1.54) is 0 Å². The third-order valence-electron chi connectivity index (χ3n) is 7.96. The Kier molecular flexibility index (Phi) is 8.49. The van der Waals surface area contributed by atoms with Crippen molar-refractivity contribution in [3.8, 4) is 0 Å². The number of fused-ring (bicyclic) bond motifs is 1. The second kappa shape index (κ2) is 11.7. The smallest absolute Gasteiger partial charge is 0.305 e. The quantitative estimate of drug-likeness (QED) is 0.196. The molecule has 2 fully saturated rings. The van der Waals surface area contributed by atoms with Crippen molar-refractivity contribution in [2.75, 3.05) is 18.5 Å². The van der Waals surface area contributed by atoms with Gasteiger partial charge in [0.2, 0.25) is 5.91 Å². The van der Waals surface area contributed by atoms with Crippen LogP contribution in [0.1, 0.15) is 62.4 Å². The number of benzene rings is 2. The van der Waals surface area contributed by atoms with Gasteiger partial charge in [0, 0.05) is 37.3 Å². The molecule has 1 saturated heterocycles. The van der Waals surface area contributed by atoms with Crippen molar-refractivity contribution in [2.45, 2.75) is 63.5 Å². The molecule has 39 heavy (non-hydrogen) atoms. The van der Waals surface area contributed by atoms with Crippen LogP contribution in [0.15, 0.2) is 42.5 Å². The Bertz CT molecular complexity index is 1370. The van der Waals surface area contributed by atoms with Crippen LogP contribution in [0.2, 0.25) is 0 Å². The standard InChI is InChI=1S/C29H36N6O3.ClH/c1-3-38-26(36)13-11-22-5-4-16-35(22)28(37)29(14-15-29)20-8-12-24-23(17-20)33-25(34(24)2)18-32-21-9-6-19(7-10-21)27(30)31;/h6-10,12,17,22,32H,3-5,11,13-16,18H2,1-2H3,(H3,30,31);1H. The first-order valence-corrected chi connectivity index (χ1v) is 13.4. The zero-order chi connectivity index (χ0) is 26.9. The minimum Gasteiger partial charge on any atom is -0.466 e. The number of ether oxygens (including phenoxy) is 1. The summed E-state index contributed by atoms with van der Waals surface area (Å²) in [4.78, 5) is 32.6. The number of carbonyl (C=O) groups is 2. The van der Waals surface area contributed by atoms with Crippen molar-refractivity contribution in [3.05, 3.63) is 59.4 Å². The van der Waals surface area contributed by atoms with Crippen LogP contribution in [-0.4, -0.2) is 51.4 Å². The largest absolute Gasteiger partial charge is 0.466 e. The van der Waals surface area contributed by atoms with Crippen molar-refractivity contribution in [2.24, 2.45) is 12.8 Å². The summed E-state index contributed by atoms with van der Waals surface area (Å²) in [5, 5.41) is 10.9. The second-order valence-corrected chi connectivity index (χ2v) is 10.4. The van der Waals surface area contributed by atoms with E-state index in [0.29, 0.717) is 31.6 Å². The zero-order valence-electron chi connectivity index (χ0n) is 22.5. The molecule has 1 amide bonds. The number of nitrogens with one attached hydrogen (secondary N) is 2. The van der Waals surface area contributed by atoms with Gasteiger partial charge in [0.25, 0.3) is 0 Å². The van der Waals surface area contributed by atoms with Gasteiger partial charge in [0.1, 0.15) is 11.7 Å². The summed E-state index contributed by atoms with van der Waals surface area (Å²) < 4.78 is 7.16. The lowest BCUT2D eigenvalue weighted by Crippen LogP contribution is -2.42. The molecule has 0 spiro atoms. The van der Waals surface area contributed by atoms with Crippen molar-refractivity contribution in [1.82, 2.24) is 14.5 Å². The fraction of sp³-hybridized carbons (Fsp3) is 0.448. The number of likely N-dealkylation sites (tertiary alicyclic amines) is 1. The van der Waals surface area contributed by atoms with Gasteiger partial charge in [-0.1, -0.05) is 6.07 Å². The highest BCUT2D eigenvalue weighted by molar-refractivity contribution is 5.95. The van der Waals surface area contributed by atoms with Crippen LogP contribution in [-0.2, 0) is 33.3 Å². The maximum atomic E-state index is 13.8. The molecule has 10 heteroatoms. The van der Waals surface area contributed by atoms with Crippen molar-refractivity contribution in [3.63, 3.8) is 0 Å². The van der Waals surface area contributed by atoms with Gasteiger partial charge in [-0.3, -0.25) is 15.0 Å². The molecule has 1 saturated carbocycles. The SMILES string of the molecule is CCOC(=O)CCC1CCCN1C(=O)C1(c2ccc3c(c2)nc(CNc2ccc(C(=N)N)cc2)n3C)CC1.Cl. The molecular formula is C29H37ClN6O3. The summed E-state index contributed by atoms with van der Waals surface area (Å²) in [5.41, 5.74) is 9.61. The maximum absolute atomic E-state index is 13.8. The van der Waals surface area contributed by atoms with Gasteiger partial charge in [-0.15, -0.1) is 12.4 Å². The lowest BCUT2D eigenvalue weighted by Gasteiger charge is -2.29. The van der Waals surface area contributed by atoms with Gasteiger partial charge in [-0.05, 0) is 81.0 Å². The molecule has 3 aromatic rings. The number of anilines is 1. The number of halogens is 1. The number of nitrogen functional groups attached to an aromatic ring is 1. The Morgan fingerprint density at radius 2 is 1.95 bits per heavy atom. The molecule has 1 aliphatic heterocycles. The molecule has 1 aliphatic carbocycles. The molecule has 0 bridgehead atoms. The van der Waals surface area contributed by atoms with E-state index in [1.807, 2.05) is 43.1 Å². The molecular weight excluding hydrogens is 516 g/mol. The van der Waals surface area contributed by atoms with Gasteiger partial charge in [-0.2, -0.15) is 0 Å². The molecule has 2 aromatic carbocycles. The number of nitrogens with zero attached hydrogens (tertiary/aromatic N) is 3. The third kappa shape index (κ3) is 5.73. The molecule has 0 radical (unpaired) electrons. The van der Waals surface area contributed by atoms with Crippen LogP contribution in [0.5, 0.6) is 0 Å². The molecule has 4 N–H and O–H groups in total. The van der Waals surface area contributed by atoms with E-state index in [2.05, 4.69) is 28.1 Å². The van der Waals surface area contributed by atoms with Crippen LogP contribution in [0.3, 0.4) is 0 Å². The number of amidine groups is 1. The monoisotopic (exact) mass is 552 g/mol. The van der Waals surface area contributed by atoms with Crippen molar-refractivity contribution >= 4 is 46.8 Å². The number of hydrogen-bond donors (Lipinski definition) is 3. The second-order valence-electron chi connectivity index (χ2n) is 10.4. The van der Waals surface area contributed by atoms with E-state index in [9.17, 15) is 9.59 Å². The number of aryl methyl sites for hydroxylation is 1. The summed E-state index contributed by atoms with van der Waals surface area (Å²) in [5.74, 6) is 0.941. The molecule has 208 valence electrons. The van der Waals surface area contributed by atoms with Crippen LogP contribution in [0.25, 0.3) is 11.0 Å². The van der Waals surface area contributed by atoms with E-state index in [0.717, 1.165) is 60.3 Å². The highest BCUT2D eigenvalue weighted by atomic mass is 35.5. The molecule has 2 aliphatic rings. The van der Waals surface area contributed by atoms with E-state index in [1.54, 1.807) is 0 Å². The molecule has 1 atom stereocenters. The average Bonchev–Trinajstić information content (AvgIpc) is 3.49. The number of esters is 1. The molecule has 1 aromatic heterocycles. The number of imidazole rings is 1. The number of amides is 1. The third-order valence-corrected chi connectivity index (χ3v) is 7.96. The van der Waals surface area contributed by atoms with Gasteiger partial charge in [0.15, 0.2) is 0 Å². The van der Waals surface area contributed by atoms with Crippen LogP contribution in [0.4, 0.5) is 5.69 Å². The highest BCUT2D eigenvalue weighted by Gasteiger charge is 2.54. The van der Waals surface area contributed by atoms with E-state index in [4.69, 9.17) is 20.9 Å². The number of nitrogens with two attached hydrogens (primary N) is 1. The Morgan fingerprint density at radius 1 is 1.21 bits per heavy atom. The molecule has 1 unspecified atom stereocenters. The normalized spacial score (nSPS) is 17.5. The summed E-state index contributed by atoms with van der Waals surface area (Å²) in [7, 11) is 2.00. The fourth-order valence-corrected chi connectivity index (χ4v) is 5.60.